The van der Waals surface area contributed by atoms with Crippen molar-refractivity contribution >= 4 is 34.3 Å². The number of carbonyl (C=O) groups is 2. The quantitative estimate of drug-likeness (QED) is 0.578. The van der Waals surface area contributed by atoms with Crippen LogP contribution in [0.15, 0.2) is 22.7 Å². The molecular formula is C17H23BrNO2+. The van der Waals surface area contributed by atoms with Crippen molar-refractivity contribution in [3.05, 3.63) is 28.2 Å². The minimum Gasteiger partial charge on any atom is -0.298 e. The van der Waals surface area contributed by atoms with Crippen molar-refractivity contribution in [2.24, 2.45) is 0 Å². The number of aldehydes is 1. The number of amides is 1. The third-order valence-electron chi connectivity index (χ3n) is 4.77. The van der Waals surface area contributed by atoms with E-state index in [0.717, 1.165) is 35.7 Å². The van der Waals surface area contributed by atoms with Gasteiger partial charge >= 0.3 is 6.41 Å². The smallest absolute Gasteiger partial charge is 0.298 e. The van der Waals surface area contributed by atoms with Crippen LogP contribution in [-0.2, 0) is 4.79 Å². The summed E-state index contributed by atoms with van der Waals surface area (Å²) in [5.74, 6) is 0. The third kappa shape index (κ3) is 2.97. The van der Waals surface area contributed by atoms with Gasteiger partial charge in [-0.15, -0.1) is 0 Å². The third-order valence-corrected chi connectivity index (χ3v) is 5.45. The first-order chi connectivity index (χ1) is 10.1. The number of quaternary nitrogens is 1. The molecule has 0 bridgehead atoms. The van der Waals surface area contributed by atoms with E-state index in [1.54, 1.807) is 6.07 Å². The maximum absolute atomic E-state index is 12.1. The fourth-order valence-electron chi connectivity index (χ4n) is 3.56. The Bertz CT molecular complexity index is 524. The summed E-state index contributed by atoms with van der Waals surface area (Å²) in [5, 5.41) is 0. The van der Waals surface area contributed by atoms with E-state index in [0.29, 0.717) is 16.1 Å². The predicted molar refractivity (Wildman–Crippen MR) is 89.4 cm³/mol. The molecule has 1 saturated carbocycles. The van der Waals surface area contributed by atoms with Gasteiger partial charge in [0.1, 0.15) is 11.7 Å². The first-order valence-corrected chi connectivity index (χ1v) is 8.45. The lowest BCUT2D eigenvalue weighted by Crippen LogP contribution is -2.60. The lowest BCUT2D eigenvalue weighted by atomic mass is 9.90. The highest BCUT2D eigenvalue weighted by atomic mass is 79.9. The molecule has 1 aromatic rings. The standard InChI is InChI=1S/C17H23BrNO2/c1-13(2)19(12-21,15-6-4-3-5-7-15)16-9-8-14(11-20)17(18)10-16/h8-13,15H,3-7H2,1-2H3/q+1. The van der Waals surface area contributed by atoms with E-state index in [-0.39, 0.29) is 6.04 Å². The van der Waals surface area contributed by atoms with Gasteiger partial charge in [-0.3, -0.25) is 4.79 Å². The molecule has 0 spiro atoms. The van der Waals surface area contributed by atoms with Crippen LogP contribution in [0, 0.1) is 0 Å². The fourth-order valence-corrected chi connectivity index (χ4v) is 4.02. The molecule has 21 heavy (non-hydrogen) atoms. The SMILES string of the molecule is CC(C)[N+](C=O)(c1ccc(C=O)c(Br)c1)C1CCCCC1. The Morgan fingerprint density at radius 2 is 1.86 bits per heavy atom. The number of hydrogen-bond acceptors (Lipinski definition) is 2. The second kappa shape index (κ2) is 6.84. The predicted octanol–water partition coefficient (Wildman–Crippen LogP) is 4.47. The zero-order chi connectivity index (χ0) is 15.5. The van der Waals surface area contributed by atoms with E-state index in [2.05, 4.69) is 29.8 Å². The highest BCUT2D eigenvalue weighted by Crippen LogP contribution is 2.37. The number of halogens is 1. The molecule has 1 amide bonds. The molecule has 1 aromatic carbocycles. The van der Waals surface area contributed by atoms with Crippen LogP contribution in [0.4, 0.5) is 5.69 Å². The van der Waals surface area contributed by atoms with Crippen molar-refractivity contribution in [3.63, 3.8) is 0 Å². The van der Waals surface area contributed by atoms with Crippen LogP contribution < -0.4 is 4.48 Å². The van der Waals surface area contributed by atoms with Crippen molar-refractivity contribution in [3.8, 4) is 0 Å². The molecule has 4 heteroatoms. The van der Waals surface area contributed by atoms with Gasteiger partial charge in [0.25, 0.3) is 0 Å². The van der Waals surface area contributed by atoms with E-state index in [1.807, 2.05) is 12.1 Å². The van der Waals surface area contributed by atoms with E-state index < -0.39 is 0 Å². The molecule has 1 atom stereocenters. The number of benzene rings is 1. The molecule has 0 aromatic heterocycles. The zero-order valence-electron chi connectivity index (χ0n) is 12.7. The van der Waals surface area contributed by atoms with Crippen LogP contribution in [0.25, 0.3) is 0 Å². The maximum Gasteiger partial charge on any atom is 0.307 e. The molecule has 114 valence electrons. The Hall–Kier alpha value is -1.00. The van der Waals surface area contributed by atoms with Gasteiger partial charge in [0.05, 0.1) is 6.04 Å². The summed E-state index contributed by atoms with van der Waals surface area (Å²) in [4.78, 5) is 23.1. The van der Waals surface area contributed by atoms with Crippen LogP contribution >= 0.6 is 15.9 Å². The fraction of sp³-hybridized carbons (Fsp3) is 0.529. The molecule has 1 fully saturated rings. The van der Waals surface area contributed by atoms with Crippen LogP contribution in [0.1, 0.15) is 56.3 Å². The topological polar surface area (TPSA) is 34.1 Å². The Kier molecular flexibility index (Phi) is 5.33. The Morgan fingerprint density at radius 3 is 2.33 bits per heavy atom. The Balaban J connectivity index is 2.51. The number of carbonyl (C=O) groups excluding carboxylic acids is 2. The average Bonchev–Trinajstić information content (AvgIpc) is 2.49. The Morgan fingerprint density at radius 1 is 1.19 bits per heavy atom. The summed E-state index contributed by atoms with van der Waals surface area (Å²) in [7, 11) is 0. The molecule has 3 nitrogen and oxygen atoms in total. The molecule has 0 aliphatic heterocycles. The summed E-state index contributed by atoms with van der Waals surface area (Å²) in [5.41, 5.74) is 1.60. The molecule has 2 rings (SSSR count). The summed E-state index contributed by atoms with van der Waals surface area (Å²) < 4.78 is 1.12. The van der Waals surface area contributed by atoms with E-state index >= 15 is 0 Å². The summed E-state index contributed by atoms with van der Waals surface area (Å²) >= 11 is 3.44. The molecule has 0 N–H and O–H groups in total. The molecular weight excluding hydrogens is 330 g/mol. The minimum absolute atomic E-state index is 0.180. The largest absolute Gasteiger partial charge is 0.307 e. The van der Waals surface area contributed by atoms with Gasteiger partial charge < -0.3 is 0 Å². The van der Waals surface area contributed by atoms with E-state index in [1.165, 1.54) is 19.3 Å². The van der Waals surface area contributed by atoms with Crippen molar-refractivity contribution in [1.82, 2.24) is 4.48 Å². The van der Waals surface area contributed by atoms with Gasteiger partial charge in [-0.25, -0.2) is 9.28 Å². The highest BCUT2D eigenvalue weighted by molar-refractivity contribution is 9.10. The lowest BCUT2D eigenvalue weighted by molar-refractivity contribution is -0.121. The van der Waals surface area contributed by atoms with Crippen LogP contribution in [0.2, 0.25) is 0 Å². The van der Waals surface area contributed by atoms with Gasteiger partial charge in [-0.05, 0) is 48.7 Å². The van der Waals surface area contributed by atoms with Crippen molar-refractivity contribution in [2.75, 3.05) is 0 Å². The van der Waals surface area contributed by atoms with Gasteiger partial charge in [0, 0.05) is 35.0 Å². The monoisotopic (exact) mass is 352 g/mol. The van der Waals surface area contributed by atoms with E-state index in [4.69, 9.17) is 0 Å². The Labute approximate surface area is 135 Å². The van der Waals surface area contributed by atoms with Gasteiger partial charge in [-0.1, -0.05) is 6.42 Å². The normalized spacial score (nSPS) is 19.2. The van der Waals surface area contributed by atoms with Crippen LogP contribution in [0.5, 0.6) is 0 Å². The summed E-state index contributed by atoms with van der Waals surface area (Å²) in [6.07, 6.45) is 7.76. The summed E-state index contributed by atoms with van der Waals surface area (Å²) in [6, 6.07) is 6.18. The molecule has 1 aliphatic rings. The van der Waals surface area contributed by atoms with Gasteiger partial charge in [0.15, 0.2) is 6.29 Å². The molecule has 0 radical (unpaired) electrons. The molecule has 1 aliphatic carbocycles. The first-order valence-electron chi connectivity index (χ1n) is 7.66. The van der Waals surface area contributed by atoms with Crippen molar-refractivity contribution in [1.29, 1.82) is 0 Å². The maximum atomic E-state index is 12.1. The minimum atomic E-state index is 0.180. The number of rotatable bonds is 5. The van der Waals surface area contributed by atoms with Gasteiger partial charge in [-0.2, -0.15) is 0 Å². The van der Waals surface area contributed by atoms with Crippen LogP contribution in [-0.4, -0.2) is 24.8 Å². The highest BCUT2D eigenvalue weighted by Gasteiger charge is 2.43. The zero-order valence-corrected chi connectivity index (χ0v) is 14.3. The van der Waals surface area contributed by atoms with Crippen molar-refractivity contribution in [2.45, 2.75) is 58.0 Å². The molecule has 1 unspecified atom stereocenters. The number of nitrogens with zero attached hydrogens (tertiary/aromatic N) is 1. The van der Waals surface area contributed by atoms with E-state index in [9.17, 15) is 9.59 Å². The van der Waals surface area contributed by atoms with Crippen molar-refractivity contribution < 1.29 is 9.59 Å². The second-order valence-electron chi connectivity index (χ2n) is 6.15. The van der Waals surface area contributed by atoms with Gasteiger partial charge in [0.2, 0.25) is 0 Å². The van der Waals surface area contributed by atoms with Crippen LogP contribution in [0.3, 0.4) is 0 Å². The molecule has 0 heterocycles. The summed E-state index contributed by atoms with van der Waals surface area (Å²) in [6.45, 7) is 4.20. The molecule has 0 saturated heterocycles. The number of hydrogen-bond donors (Lipinski definition) is 0. The average molecular weight is 353 g/mol. The first kappa shape index (κ1) is 16.4. The lowest BCUT2D eigenvalue weighted by Gasteiger charge is -2.43. The second-order valence-corrected chi connectivity index (χ2v) is 7.00.